The van der Waals surface area contributed by atoms with E-state index < -0.39 is 22.4 Å². The molecule has 0 saturated carbocycles. The predicted octanol–water partition coefficient (Wildman–Crippen LogP) is 2.08. The molecule has 1 rings (SSSR count). The van der Waals surface area contributed by atoms with Crippen molar-refractivity contribution in [3.8, 4) is 0 Å². The lowest BCUT2D eigenvalue weighted by Gasteiger charge is -2.09. The van der Waals surface area contributed by atoms with E-state index in [1.54, 1.807) is 14.1 Å². The first-order valence-corrected chi connectivity index (χ1v) is 7.38. The van der Waals surface area contributed by atoms with Crippen LogP contribution in [0.15, 0.2) is 18.2 Å². The highest BCUT2D eigenvalue weighted by atomic mass is 32.2. The molecule has 0 spiro atoms. The van der Waals surface area contributed by atoms with Crippen LogP contribution in [0.4, 0.5) is 8.78 Å². The minimum absolute atomic E-state index is 0.0232. The minimum atomic E-state index is -1.25. The lowest BCUT2D eigenvalue weighted by atomic mass is 10.2. The summed E-state index contributed by atoms with van der Waals surface area (Å²) in [5.41, 5.74) is 0.235. The maximum atomic E-state index is 13.3. The second-order valence-corrected chi connectivity index (χ2v) is 5.99. The van der Waals surface area contributed by atoms with Crippen molar-refractivity contribution in [2.24, 2.45) is 0 Å². The monoisotopic (exact) mass is 289 g/mol. The Labute approximate surface area is 114 Å². The molecule has 0 aliphatic heterocycles. The van der Waals surface area contributed by atoms with Gasteiger partial charge in [0.05, 0.1) is 5.75 Å². The molecular weight excluding hydrogens is 272 g/mol. The average Bonchev–Trinajstić information content (AvgIpc) is 2.32. The lowest BCUT2D eigenvalue weighted by Crippen LogP contribution is -2.21. The second-order valence-electron chi connectivity index (χ2n) is 4.42. The summed E-state index contributed by atoms with van der Waals surface area (Å²) in [5, 5.41) is 0. The van der Waals surface area contributed by atoms with Crippen LogP contribution in [0.25, 0.3) is 0 Å². The molecule has 6 heteroatoms. The van der Waals surface area contributed by atoms with E-state index in [4.69, 9.17) is 0 Å². The molecule has 0 heterocycles. The molecule has 106 valence electrons. The van der Waals surface area contributed by atoms with E-state index in [0.29, 0.717) is 18.6 Å². The quantitative estimate of drug-likeness (QED) is 0.804. The van der Waals surface area contributed by atoms with Crippen LogP contribution >= 0.6 is 0 Å². The first-order valence-electron chi connectivity index (χ1n) is 5.89. The number of carbonyl (C=O) groups is 1. The van der Waals surface area contributed by atoms with Gasteiger partial charge >= 0.3 is 0 Å². The highest BCUT2D eigenvalue weighted by molar-refractivity contribution is 7.84. The molecule has 3 nitrogen and oxygen atoms in total. The summed E-state index contributed by atoms with van der Waals surface area (Å²) in [6, 6.07) is 3.22. The van der Waals surface area contributed by atoms with Gasteiger partial charge in [0.25, 0.3) is 0 Å². The number of benzene rings is 1. The smallest absolute Gasteiger partial charge is 0.222 e. The van der Waals surface area contributed by atoms with Crippen molar-refractivity contribution >= 4 is 16.7 Å². The zero-order valence-electron chi connectivity index (χ0n) is 11.0. The number of amides is 1. The third-order valence-electron chi connectivity index (χ3n) is 2.59. The zero-order chi connectivity index (χ0) is 14.4. The van der Waals surface area contributed by atoms with Gasteiger partial charge in [-0.25, -0.2) is 8.78 Å². The maximum absolute atomic E-state index is 13.3. The second kappa shape index (κ2) is 7.33. The number of rotatable bonds is 6. The van der Waals surface area contributed by atoms with Crippen LogP contribution in [0.1, 0.15) is 18.4 Å². The van der Waals surface area contributed by atoms with Gasteiger partial charge in [0.15, 0.2) is 0 Å². The Bertz CT molecular complexity index is 478. The SMILES string of the molecule is CN(C)C(=O)CCC[S@](=O)Cc1ccc(F)cc1F. The van der Waals surface area contributed by atoms with Gasteiger partial charge in [-0.3, -0.25) is 9.00 Å². The van der Waals surface area contributed by atoms with Crippen molar-refractivity contribution in [1.29, 1.82) is 0 Å². The van der Waals surface area contributed by atoms with Gasteiger partial charge in [-0.05, 0) is 12.5 Å². The van der Waals surface area contributed by atoms with Gasteiger partial charge in [-0.1, -0.05) is 6.07 Å². The third kappa shape index (κ3) is 5.46. The topological polar surface area (TPSA) is 37.4 Å². The zero-order valence-corrected chi connectivity index (χ0v) is 11.8. The predicted molar refractivity (Wildman–Crippen MR) is 71.0 cm³/mol. The lowest BCUT2D eigenvalue weighted by molar-refractivity contribution is -0.128. The van der Waals surface area contributed by atoms with Gasteiger partial charge in [0.1, 0.15) is 11.6 Å². The Morgan fingerprint density at radius 2 is 2.00 bits per heavy atom. The molecular formula is C13H17F2NO2S. The van der Waals surface area contributed by atoms with E-state index in [2.05, 4.69) is 0 Å². The molecule has 1 amide bonds. The highest BCUT2D eigenvalue weighted by Gasteiger charge is 2.09. The van der Waals surface area contributed by atoms with Crippen molar-refractivity contribution in [1.82, 2.24) is 4.90 Å². The summed E-state index contributed by atoms with van der Waals surface area (Å²) in [4.78, 5) is 12.8. The molecule has 0 saturated heterocycles. The summed E-state index contributed by atoms with van der Waals surface area (Å²) in [7, 11) is 2.07. The van der Waals surface area contributed by atoms with Crippen LogP contribution in [-0.4, -0.2) is 34.9 Å². The van der Waals surface area contributed by atoms with Gasteiger partial charge in [0.2, 0.25) is 5.91 Å². The van der Waals surface area contributed by atoms with E-state index in [0.717, 1.165) is 12.1 Å². The van der Waals surface area contributed by atoms with Crippen LogP contribution in [0.3, 0.4) is 0 Å². The van der Waals surface area contributed by atoms with Crippen LogP contribution in [0.2, 0.25) is 0 Å². The summed E-state index contributed by atoms with van der Waals surface area (Å²) in [6.07, 6.45) is 0.817. The first kappa shape index (κ1) is 15.8. The largest absolute Gasteiger partial charge is 0.349 e. The minimum Gasteiger partial charge on any atom is -0.349 e. The first-order chi connectivity index (χ1) is 8.90. The molecule has 0 radical (unpaired) electrons. The molecule has 0 aromatic heterocycles. The summed E-state index contributed by atoms with van der Waals surface area (Å²) in [6.45, 7) is 0. The van der Waals surface area contributed by atoms with Crippen LogP contribution in [-0.2, 0) is 21.3 Å². The fourth-order valence-corrected chi connectivity index (χ4v) is 2.68. The van der Waals surface area contributed by atoms with Crippen molar-refractivity contribution < 1.29 is 17.8 Å². The van der Waals surface area contributed by atoms with Gasteiger partial charge in [-0.2, -0.15) is 0 Å². The van der Waals surface area contributed by atoms with Crippen molar-refractivity contribution in [2.45, 2.75) is 18.6 Å². The van der Waals surface area contributed by atoms with Gasteiger partial charge < -0.3 is 4.90 Å². The summed E-state index contributed by atoms with van der Waals surface area (Å²) >= 11 is 0. The Morgan fingerprint density at radius 3 is 2.58 bits per heavy atom. The molecule has 19 heavy (non-hydrogen) atoms. The highest BCUT2D eigenvalue weighted by Crippen LogP contribution is 2.12. The fraction of sp³-hybridized carbons (Fsp3) is 0.462. The number of nitrogens with zero attached hydrogens (tertiary/aromatic N) is 1. The summed E-state index contributed by atoms with van der Waals surface area (Å²) in [5.74, 6) is -0.982. The van der Waals surface area contributed by atoms with Gasteiger partial charge in [-0.15, -0.1) is 0 Å². The van der Waals surface area contributed by atoms with Crippen LogP contribution in [0, 0.1) is 11.6 Å². The Kier molecular flexibility index (Phi) is 6.08. The van der Waals surface area contributed by atoms with Crippen LogP contribution < -0.4 is 0 Å². The van der Waals surface area contributed by atoms with Crippen molar-refractivity contribution in [3.63, 3.8) is 0 Å². The van der Waals surface area contributed by atoms with E-state index in [1.807, 2.05) is 0 Å². The van der Waals surface area contributed by atoms with Crippen molar-refractivity contribution in [2.75, 3.05) is 19.8 Å². The molecule has 0 fully saturated rings. The van der Waals surface area contributed by atoms with E-state index >= 15 is 0 Å². The molecule has 0 aliphatic carbocycles. The Hall–Kier alpha value is -1.30. The molecule has 0 aliphatic rings. The average molecular weight is 289 g/mol. The Balaban J connectivity index is 2.41. The maximum Gasteiger partial charge on any atom is 0.222 e. The van der Waals surface area contributed by atoms with E-state index in [1.165, 1.54) is 11.0 Å². The molecule has 1 atom stereocenters. The molecule has 1 aromatic rings. The number of carbonyl (C=O) groups excluding carboxylic acids is 1. The van der Waals surface area contributed by atoms with Gasteiger partial charge in [0, 0.05) is 48.7 Å². The molecule has 0 unspecified atom stereocenters. The number of hydrogen-bond donors (Lipinski definition) is 0. The number of hydrogen-bond acceptors (Lipinski definition) is 2. The number of halogens is 2. The third-order valence-corrected chi connectivity index (χ3v) is 3.97. The fourth-order valence-electron chi connectivity index (χ4n) is 1.49. The summed E-state index contributed by atoms with van der Waals surface area (Å²) < 4.78 is 37.8. The molecule has 0 N–H and O–H groups in total. The standard InChI is InChI=1S/C13H17F2NO2S/c1-16(2)13(17)4-3-7-19(18)9-10-5-6-11(14)8-12(10)15/h5-6,8H,3-4,7,9H2,1-2H3/t19-/m0/s1. The molecule has 0 bridgehead atoms. The van der Waals surface area contributed by atoms with Crippen molar-refractivity contribution in [3.05, 3.63) is 35.4 Å². The van der Waals surface area contributed by atoms with E-state index in [9.17, 15) is 17.8 Å². The normalized spacial score (nSPS) is 12.2. The Morgan fingerprint density at radius 1 is 1.32 bits per heavy atom. The van der Waals surface area contributed by atoms with Crippen LogP contribution in [0.5, 0.6) is 0 Å². The molecule has 1 aromatic carbocycles. The van der Waals surface area contributed by atoms with E-state index in [-0.39, 0.29) is 17.2 Å².